The van der Waals surface area contributed by atoms with Crippen molar-refractivity contribution >= 4 is 44.8 Å². The summed E-state index contributed by atoms with van der Waals surface area (Å²) in [6.45, 7) is 2.81. The van der Waals surface area contributed by atoms with E-state index in [1.165, 1.54) is 41.2 Å². The topological polar surface area (TPSA) is 55.1 Å². The van der Waals surface area contributed by atoms with Crippen molar-refractivity contribution in [2.24, 2.45) is 5.92 Å². The van der Waals surface area contributed by atoms with E-state index in [0.717, 1.165) is 16.6 Å². The maximum absolute atomic E-state index is 12.4. The first-order valence-corrected chi connectivity index (χ1v) is 9.27. The Balaban J connectivity index is 1.73. The van der Waals surface area contributed by atoms with Gasteiger partial charge in [-0.1, -0.05) is 11.6 Å². The smallest absolute Gasteiger partial charge is 0.263 e. The van der Waals surface area contributed by atoms with Crippen LogP contribution in [0, 0.1) is 12.8 Å². The van der Waals surface area contributed by atoms with E-state index in [1.54, 1.807) is 0 Å². The molecule has 112 valence electrons. The second-order valence-corrected chi connectivity index (χ2v) is 7.89. The van der Waals surface area contributed by atoms with Crippen LogP contribution in [-0.4, -0.2) is 24.0 Å². The molecule has 1 aromatic carbocycles. The average Bonchev–Trinajstić information content (AvgIpc) is 2.83. The minimum Gasteiger partial charge on any atom is -0.397 e. The number of thiophene rings is 1. The molecule has 3 rings (SSSR count). The van der Waals surface area contributed by atoms with Crippen molar-refractivity contribution < 1.29 is 4.79 Å². The monoisotopic (exact) mass is 320 g/mol. The summed E-state index contributed by atoms with van der Waals surface area (Å²) in [6.07, 6.45) is 2.40. The minimum absolute atomic E-state index is 0.0235. The fourth-order valence-corrected chi connectivity index (χ4v) is 4.89. The van der Waals surface area contributed by atoms with Crippen LogP contribution in [-0.2, 0) is 0 Å². The quantitative estimate of drug-likeness (QED) is 0.907. The molecule has 0 aliphatic carbocycles. The molecule has 0 atom stereocenters. The van der Waals surface area contributed by atoms with Crippen molar-refractivity contribution in [3.63, 3.8) is 0 Å². The molecule has 1 fully saturated rings. The number of fused-ring (bicyclic) bond motifs is 1. The van der Waals surface area contributed by atoms with Gasteiger partial charge in [0.25, 0.3) is 5.91 Å². The van der Waals surface area contributed by atoms with Crippen molar-refractivity contribution in [3.8, 4) is 0 Å². The second kappa shape index (κ2) is 6.28. The third kappa shape index (κ3) is 3.19. The molecule has 0 radical (unpaired) electrons. The largest absolute Gasteiger partial charge is 0.397 e. The highest BCUT2D eigenvalue weighted by atomic mass is 32.2. The van der Waals surface area contributed by atoms with Gasteiger partial charge >= 0.3 is 0 Å². The molecule has 0 spiro atoms. The van der Waals surface area contributed by atoms with Crippen molar-refractivity contribution in [2.75, 3.05) is 23.8 Å². The number of carbonyl (C=O) groups is 1. The zero-order valence-corrected chi connectivity index (χ0v) is 13.8. The van der Waals surface area contributed by atoms with Gasteiger partial charge in [-0.2, -0.15) is 11.8 Å². The Hall–Kier alpha value is -1.20. The summed E-state index contributed by atoms with van der Waals surface area (Å²) in [5.74, 6) is 3.02. The van der Waals surface area contributed by atoms with Crippen LogP contribution in [0.25, 0.3) is 10.1 Å². The van der Waals surface area contributed by atoms with Gasteiger partial charge in [-0.15, -0.1) is 11.3 Å². The first-order valence-electron chi connectivity index (χ1n) is 7.29. The fourth-order valence-electron chi connectivity index (χ4n) is 2.67. The van der Waals surface area contributed by atoms with Crippen LogP contribution in [0.5, 0.6) is 0 Å². The number of benzene rings is 1. The van der Waals surface area contributed by atoms with E-state index in [9.17, 15) is 4.79 Å². The number of amides is 1. The van der Waals surface area contributed by atoms with Crippen LogP contribution in [0.2, 0.25) is 0 Å². The standard InChI is InChI=1S/C16H20N2OS2/c1-10-2-3-13-12(8-10)14(17)15(21-13)16(19)18-9-11-4-6-20-7-5-11/h2-3,8,11H,4-7,9,17H2,1H3,(H,18,19). The number of nitrogens with two attached hydrogens (primary N) is 1. The molecule has 1 aromatic heterocycles. The molecule has 0 bridgehead atoms. The van der Waals surface area contributed by atoms with Crippen molar-refractivity contribution in [2.45, 2.75) is 19.8 Å². The molecule has 3 nitrogen and oxygen atoms in total. The van der Waals surface area contributed by atoms with Crippen molar-refractivity contribution in [3.05, 3.63) is 28.6 Å². The van der Waals surface area contributed by atoms with Gasteiger partial charge in [0, 0.05) is 16.6 Å². The van der Waals surface area contributed by atoms with E-state index in [4.69, 9.17) is 5.73 Å². The Labute approximate surface area is 133 Å². The van der Waals surface area contributed by atoms with Crippen LogP contribution in [0.4, 0.5) is 5.69 Å². The van der Waals surface area contributed by atoms with Gasteiger partial charge < -0.3 is 11.1 Å². The summed E-state index contributed by atoms with van der Waals surface area (Å²) in [7, 11) is 0. The zero-order chi connectivity index (χ0) is 14.8. The number of rotatable bonds is 3. The lowest BCUT2D eigenvalue weighted by molar-refractivity contribution is 0.0951. The number of carbonyl (C=O) groups excluding carboxylic acids is 1. The molecular weight excluding hydrogens is 300 g/mol. The zero-order valence-electron chi connectivity index (χ0n) is 12.1. The van der Waals surface area contributed by atoms with Crippen LogP contribution in [0.15, 0.2) is 18.2 Å². The van der Waals surface area contributed by atoms with E-state index < -0.39 is 0 Å². The van der Waals surface area contributed by atoms with E-state index in [1.807, 2.05) is 24.8 Å². The normalized spacial score (nSPS) is 16.2. The molecule has 21 heavy (non-hydrogen) atoms. The van der Waals surface area contributed by atoms with Crippen LogP contribution >= 0.6 is 23.1 Å². The molecule has 1 aliphatic rings. The number of hydrogen-bond acceptors (Lipinski definition) is 4. The van der Waals surface area contributed by atoms with E-state index in [-0.39, 0.29) is 5.91 Å². The fraction of sp³-hybridized carbons (Fsp3) is 0.438. The van der Waals surface area contributed by atoms with Gasteiger partial charge in [-0.25, -0.2) is 0 Å². The Morgan fingerprint density at radius 1 is 1.38 bits per heavy atom. The molecule has 0 unspecified atom stereocenters. The highest BCUT2D eigenvalue weighted by Gasteiger charge is 2.19. The van der Waals surface area contributed by atoms with Gasteiger partial charge in [0.2, 0.25) is 0 Å². The average molecular weight is 320 g/mol. The van der Waals surface area contributed by atoms with Crippen molar-refractivity contribution in [1.29, 1.82) is 0 Å². The van der Waals surface area contributed by atoms with Crippen LogP contribution in [0.1, 0.15) is 28.1 Å². The summed E-state index contributed by atoms with van der Waals surface area (Å²) < 4.78 is 1.08. The molecule has 1 aliphatic heterocycles. The predicted octanol–water partition coefficient (Wildman–Crippen LogP) is 3.66. The molecule has 2 aromatic rings. The first kappa shape index (κ1) is 14.7. The maximum atomic E-state index is 12.4. The Morgan fingerprint density at radius 2 is 2.14 bits per heavy atom. The molecule has 1 amide bonds. The van der Waals surface area contributed by atoms with E-state index in [0.29, 0.717) is 16.5 Å². The summed E-state index contributed by atoms with van der Waals surface area (Å²) in [6, 6.07) is 6.15. The van der Waals surface area contributed by atoms with Crippen molar-refractivity contribution in [1.82, 2.24) is 5.32 Å². The number of thioether (sulfide) groups is 1. The molecule has 1 saturated heterocycles. The summed E-state index contributed by atoms with van der Waals surface area (Å²) in [5, 5.41) is 4.07. The highest BCUT2D eigenvalue weighted by Crippen LogP contribution is 2.34. The first-order chi connectivity index (χ1) is 10.1. The molecule has 3 N–H and O–H groups in total. The molecule has 5 heteroatoms. The lowest BCUT2D eigenvalue weighted by Gasteiger charge is -2.21. The third-order valence-corrected chi connectivity index (χ3v) is 6.21. The summed E-state index contributed by atoms with van der Waals surface area (Å²) in [5.41, 5.74) is 7.95. The third-order valence-electron chi connectivity index (χ3n) is 3.98. The van der Waals surface area contributed by atoms with Gasteiger partial charge in [0.15, 0.2) is 0 Å². The van der Waals surface area contributed by atoms with Gasteiger partial charge in [-0.05, 0) is 49.3 Å². The van der Waals surface area contributed by atoms with Crippen LogP contribution < -0.4 is 11.1 Å². The molecule has 0 saturated carbocycles. The van der Waals surface area contributed by atoms with E-state index in [2.05, 4.69) is 17.4 Å². The van der Waals surface area contributed by atoms with Gasteiger partial charge in [-0.3, -0.25) is 4.79 Å². The lowest BCUT2D eigenvalue weighted by atomic mass is 10.0. The SMILES string of the molecule is Cc1ccc2sc(C(=O)NCC3CCSCC3)c(N)c2c1. The number of hydrogen-bond donors (Lipinski definition) is 2. The lowest BCUT2D eigenvalue weighted by Crippen LogP contribution is -2.30. The number of anilines is 1. The predicted molar refractivity (Wildman–Crippen MR) is 93.4 cm³/mol. The molecule has 2 heterocycles. The number of nitrogen functional groups attached to an aromatic ring is 1. The summed E-state index contributed by atoms with van der Waals surface area (Å²) >= 11 is 3.49. The Bertz CT molecular complexity index is 660. The van der Waals surface area contributed by atoms with E-state index >= 15 is 0 Å². The van der Waals surface area contributed by atoms with Gasteiger partial charge in [0.05, 0.1) is 5.69 Å². The van der Waals surface area contributed by atoms with Crippen LogP contribution in [0.3, 0.4) is 0 Å². The highest BCUT2D eigenvalue weighted by molar-refractivity contribution is 7.99. The number of nitrogens with one attached hydrogen (secondary N) is 1. The molecular formula is C16H20N2OS2. The number of aryl methyl sites for hydroxylation is 1. The summed E-state index contributed by atoms with van der Waals surface area (Å²) in [4.78, 5) is 13.0. The maximum Gasteiger partial charge on any atom is 0.263 e. The van der Waals surface area contributed by atoms with Gasteiger partial charge in [0.1, 0.15) is 4.88 Å². The minimum atomic E-state index is -0.0235. The second-order valence-electron chi connectivity index (χ2n) is 5.61. The Morgan fingerprint density at radius 3 is 2.90 bits per heavy atom. The Kier molecular flexibility index (Phi) is 4.40.